The molecule has 3 aromatic carbocycles. The standard InChI is InChI=1S/C21H19ClN2O2.C19H18N2O3/c1-26-19-7-3-2-5-17(19)21(25)24-14-13-23-12-4-6-18(23)20(24)15-8-10-16(22)11-9-15;1-23-15-6-2-5-14(13-15)18-16-7-3-9-20(16)10-11-21(18)19(22)17-8-4-12-24-17/h2-12,20H,13-14H2,1H3;2-9,12-13,18H,10-11H2,1H3. The van der Waals surface area contributed by atoms with E-state index in [0.29, 0.717) is 35.2 Å². The first-order chi connectivity index (χ1) is 24.5. The van der Waals surface area contributed by atoms with Crippen LogP contribution in [0.25, 0.3) is 0 Å². The Bertz CT molecular complexity index is 2080. The Labute approximate surface area is 295 Å². The van der Waals surface area contributed by atoms with Crippen molar-refractivity contribution in [1.29, 1.82) is 0 Å². The number of benzene rings is 3. The zero-order chi connectivity index (χ0) is 34.6. The summed E-state index contributed by atoms with van der Waals surface area (Å²) in [5.41, 5.74) is 4.83. The van der Waals surface area contributed by atoms with Gasteiger partial charge in [0.05, 0.1) is 38.1 Å². The smallest absolute Gasteiger partial charge is 0.290 e. The number of rotatable bonds is 6. The van der Waals surface area contributed by atoms with Crippen LogP contribution in [0.4, 0.5) is 0 Å². The summed E-state index contributed by atoms with van der Waals surface area (Å²) >= 11 is 6.06. The fourth-order valence-corrected chi connectivity index (χ4v) is 7.01. The summed E-state index contributed by atoms with van der Waals surface area (Å²) in [6.07, 6.45) is 5.64. The number of amides is 2. The summed E-state index contributed by atoms with van der Waals surface area (Å²) in [5, 5.41) is 0.683. The highest BCUT2D eigenvalue weighted by Gasteiger charge is 2.35. The van der Waals surface area contributed by atoms with E-state index in [0.717, 1.165) is 41.4 Å². The molecule has 5 heterocycles. The van der Waals surface area contributed by atoms with Gasteiger partial charge in [-0.05, 0) is 83.9 Å². The van der Waals surface area contributed by atoms with E-state index in [2.05, 4.69) is 33.7 Å². The lowest BCUT2D eigenvalue weighted by atomic mass is 9.98. The molecular formula is C40H37ClN4O5. The maximum absolute atomic E-state index is 13.4. The molecule has 0 aliphatic carbocycles. The van der Waals surface area contributed by atoms with E-state index >= 15 is 0 Å². The van der Waals surface area contributed by atoms with Crippen molar-refractivity contribution >= 4 is 23.4 Å². The first-order valence-electron chi connectivity index (χ1n) is 16.4. The number of ether oxygens (including phenoxy) is 2. The predicted octanol–water partition coefficient (Wildman–Crippen LogP) is 7.73. The molecule has 2 atom stereocenters. The van der Waals surface area contributed by atoms with Gasteiger partial charge in [-0.2, -0.15) is 0 Å². The number of furan rings is 1. The Morgan fingerprint density at radius 3 is 1.96 bits per heavy atom. The molecule has 0 N–H and O–H groups in total. The highest BCUT2D eigenvalue weighted by Crippen LogP contribution is 2.36. The highest BCUT2D eigenvalue weighted by molar-refractivity contribution is 6.30. The lowest BCUT2D eigenvalue weighted by molar-refractivity contribution is 0.0629. The van der Waals surface area contributed by atoms with Gasteiger partial charge < -0.3 is 32.8 Å². The van der Waals surface area contributed by atoms with Gasteiger partial charge in [0, 0.05) is 55.0 Å². The summed E-state index contributed by atoms with van der Waals surface area (Å²) in [7, 11) is 3.23. The molecular weight excluding hydrogens is 652 g/mol. The number of aromatic nitrogens is 2. The van der Waals surface area contributed by atoms with Crippen LogP contribution in [0.2, 0.25) is 5.02 Å². The van der Waals surface area contributed by atoms with Crippen molar-refractivity contribution in [1.82, 2.24) is 18.9 Å². The van der Waals surface area contributed by atoms with E-state index in [9.17, 15) is 9.59 Å². The summed E-state index contributed by atoms with van der Waals surface area (Å²) in [6.45, 7) is 2.80. The van der Waals surface area contributed by atoms with Gasteiger partial charge in [-0.25, -0.2) is 0 Å². The second-order valence-corrected chi connectivity index (χ2v) is 12.5. The van der Waals surface area contributed by atoms with Crippen LogP contribution < -0.4 is 9.47 Å². The van der Waals surface area contributed by atoms with E-state index in [1.807, 2.05) is 94.7 Å². The molecule has 0 spiro atoms. The zero-order valence-corrected chi connectivity index (χ0v) is 28.6. The first-order valence-corrected chi connectivity index (χ1v) is 16.8. The van der Waals surface area contributed by atoms with Crippen molar-refractivity contribution in [2.75, 3.05) is 27.3 Å². The molecule has 0 bridgehead atoms. The third-order valence-corrected chi connectivity index (χ3v) is 9.51. The second kappa shape index (κ2) is 14.4. The molecule has 2 amide bonds. The van der Waals surface area contributed by atoms with Crippen LogP contribution >= 0.6 is 11.6 Å². The van der Waals surface area contributed by atoms with Crippen LogP contribution in [0, 0.1) is 0 Å². The van der Waals surface area contributed by atoms with Gasteiger partial charge >= 0.3 is 0 Å². The van der Waals surface area contributed by atoms with Crippen molar-refractivity contribution in [3.8, 4) is 11.5 Å². The molecule has 2 unspecified atom stereocenters. The zero-order valence-electron chi connectivity index (χ0n) is 27.8. The normalized spacial score (nSPS) is 16.5. The molecule has 10 heteroatoms. The molecule has 0 fully saturated rings. The third kappa shape index (κ3) is 6.40. The Morgan fingerprint density at radius 2 is 1.32 bits per heavy atom. The molecule has 6 aromatic rings. The maximum atomic E-state index is 13.4. The minimum absolute atomic E-state index is 0.0325. The molecule has 2 aliphatic rings. The molecule has 3 aromatic heterocycles. The largest absolute Gasteiger partial charge is 0.497 e. The van der Waals surface area contributed by atoms with Crippen LogP contribution in [-0.4, -0.2) is 58.1 Å². The molecule has 0 radical (unpaired) electrons. The van der Waals surface area contributed by atoms with Crippen molar-refractivity contribution < 1.29 is 23.5 Å². The topological polar surface area (TPSA) is 82.1 Å². The number of carbonyl (C=O) groups is 2. The molecule has 0 saturated heterocycles. The number of carbonyl (C=O) groups excluding carboxylic acids is 2. The third-order valence-electron chi connectivity index (χ3n) is 9.26. The van der Waals surface area contributed by atoms with Crippen LogP contribution in [0.5, 0.6) is 11.5 Å². The molecule has 8 rings (SSSR count). The van der Waals surface area contributed by atoms with Gasteiger partial charge in [0.25, 0.3) is 11.8 Å². The number of nitrogens with zero attached hydrogens (tertiary/aromatic N) is 4. The summed E-state index contributed by atoms with van der Waals surface area (Å²) < 4.78 is 20.5. The van der Waals surface area contributed by atoms with Gasteiger partial charge in [0.15, 0.2) is 5.76 Å². The van der Waals surface area contributed by atoms with E-state index in [1.165, 1.54) is 6.26 Å². The van der Waals surface area contributed by atoms with E-state index in [1.54, 1.807) is 26.4 Å². The van der Waals surface area contributed by atoms with Gasteiger partial charge in [0.2, 0.25) is 0 Å². The van der Waals surface area contributed by atoms with Crippen LogP contribution in [0.15, 0.2) is 132 Å². The van der Waals surface area contributed by atoms with Gasteiger partial charge in [-0.1, -0.05) is 48.0 Å². The van der Waals surface area contributed by atoms with Crippen LogP contribution in [0.1, 0.15) is 55.5 Å². The second-order valence-electron chi connectivity index (χ2n) is 12.1. The SMILES string of the molecule is COc1cccc(C2c3cccn3CCN2C(=O)c2ccco2)c1.COc1ccccc1C(=O)N1CCn2cccc2C1c1ccc(Cl)cc1. The van der Waals surface area contributed by atoms with Gasteiger partial charge in [-0.3, -0.25) is 9.59 Å². The van der Waals surface area contributed by atoms with Gasteiger partial charge in [0.1, 0.15) is 11.5 Å². The highest BCUT2D eigenvalue weighted by atomic mass is 35.5. The molecule has 254 valence electrons. The average Bonchev–Trinajstić information content (AvgIpc) is 3.97. The predicted molar refractivity (Wildman–Crippen MR) is 191 cm³/mol. The molecule has 50 heavy (non-hydrogen) atoms. The number of halogens is 1. The summed E-state index contributed by atoms with van der Waals surface area (Å²) in [4.78, 5) is 30.1. The number of hydrogen-bond acceptors (Lipinski definition) is 5. The molecule has 9 nitrogen and oxygen atoms in total. The number of methoxy groups -OCH3 is 2. The van der Waals surface area contributed by atoms with Crippen molar-refractivity contribution in [2.24, 2.45) is 0 Å². The average molecular weight is 689 g/mol. The van der Waals surface area contributed by atoms with Crippen molar-refractivity contribution in [2.45, 2.75) is 25.2 Å². The fourth-order valence-electron chi connectivity index (χ4n) is 6.88. The Kier molecular flexibility index (Phi) is 9.49. The van der Waals surface area contributed by atoms with Crippen LogP contribution in [-0.2, 0) is 13.1 Å². The minimum Gasteiger partial charge on any atom is -0.497 e. The monoisotopic (exact) mass is 688 g/mol. The lowest BCUT2D eigenvalue weighted by Gasteiger charge is -2.37. The van der Waals surface area contributed by atoms with E-state index < -0.39 is 0 Å². The Morgan fingerprint density at radius 1 is 0.660 bits per heavy atom. The van der Waals surface area contributed by atoms with E-state index in [4.69, 9.17) is 25.5 Å². The first kappa shape index (κ1) is 32.9. The molecule has 0 saturated carbocycles. The fraction of sp³-hybridized carbons (Fsp3) is 0.200. The number of para-hydroxylation sites is 1. The summed E-state index contributed by atoms with van der Waals surface area (Å²) in [5.74, 6) is 1.60. The number of hydrogen-bond donors (Lipinski definition) is 0. The Balaban J connectivity index is 0.000000157. The maximum Gasteiger partial charge on any atom is 0.290 e. The van der Waals surface area contributed by atoms with Gasteiger partial charge in [-0.15, -0.1) is 0 Å². The van der Waals surface area contributed by atoms with Crippen LogP contribution in [0.3, 0.4) is 0 Å². The summed E-state index contributed by atoms with van der Waals surface area (Å²) in [6, 6.07) is 34.2. The minimum atomic E-state index is -0.165. The number of fused-ring (bicyclic) bond motifs is 2. The van der Waals surface area contributed by atoms with E-state index in [-0.39, 0.29) is 23.9 Å². The quantitative estimate of drug-likeness (QED) is 0.179. The van der Waals surface area contributed by atoms with Crippen molar-refractivity contribution in [3.05, 3.63) is 167 Å². The lowest BCUT2D eigenvalue weighted by Crippen LogP contribution is -2.42. The van der Waals surface area contributed by atoms with Crippen molar-refractivity contribution in [3.63, 3.8) is 0 Å². The molecule has 2 aliphatic heterocycles. The Hall–Kier alpha value is -5.67.